The number of rotatable bonds is 10. The molecule has 1 unspecified atom stereocenters. The molecule has 1 aliphatic carbocycles. The van der Waals surface area contributed by atoms with Gasteiger partial charge in [-0.1, -0.05) is 31.2 Å². The number of azo groups is 1. The zero-order valence-electron chi connectivity index (χ0n) is 20.9. The summed E-state index contributed by atoms with van der Waals surface area (Å²) in [7, 11) is 0. The first kappa shape index (κ1) is 25.5. The van der Waals surface area contributed by atoms with Crippen LogP contribution in [-0.4, -0.2) is 41.6 Å². The Labute approximate surface area is 213 Å². The Morgan fingerprint density at radius 2 is 1.72 bits per heavy atom. The molecular weight excluding hydrogens is 450 g/mol. The summed E-state index contributed by atoms with van der Waals surface area (Å²) in [6.45, 7) is 4.29. The molecule has 0 bridgehead atoms. The predicted octanol–water partition coefficient (Wildman–Crippen LogP) is 5.52. The number of benzene rings is 3. The number of carbonyl (C=O) groups is 1. The number of phenols is 1. The molecule has 0 radical (unpaired) electrons. The highest BCUT2D eigenvalue weighted by Gasteiger charge is 2.25. The smallest absolute Gasteiger partial charge is 0.238 e. The molecule has 0 fully saturated rings. The lowest BCUT2D eigenvalue weighted by Crippen LogP contribution is -2.41. The van der Waals surface area contributed by atoms with Crippen LogP contribution in [0.1, 0.15) is 36.5 Å². The third kappa shape index (κ3) is 6.77. The maximum absolute atomic E-state index is 11.4. The normalized spacial score (nSPS) is 15.2. The molecular formula is C29H35N5O2. The van der Waals surface area contributed by atoms with E-state index in [2.05, 4.69) is 45.6 Å². The van der Waals surface area contributed by atoms with Crippen LogP contribution in [0.5, 0.6) is 5.75 Å². The van der Waals surface area contributed by atoms with Crippen LogP contribution in [0.4, 0.5) is 17.1 Å². The number of hydrogen-bond donors (Lipinski definition) is 3. The van der Waals surface area contributed by atoms with E-state index in [9.17, 15) is 9.90 Å². The number of aromatic hydroxyl groups is 1. The summed E-state index contributed by atoms with van der Waals surface area (Å²) in [5.41, 5.74) is 11.2. The molecule has 3 aromatic rings. The molecule has 36 heavy (non-hydrogen) atoms. The molecule has 188 valence electrons. The second-order valence-corrected chi connectivity index (χ2v) is 9.26. The van der Waals surface area contributed by atoms with Crippen molar-refractivity contribution in [2.45, 2.75) is 45.1 Å². The van der Waals surface area contributed by atoms with Crippen molar-refractivity contribution in [2.24, 2.45) is 16.0 Å². The van der Waals surface area contributed by atoms with Crippen molar-refractivity contribution in [1.29, 1.82) is 0 Å². The van der Waals surface area contributed by atoms with Gasteiger partial charge in [0, 0.05) is 18.3 Å². The highest BCUT2D eigenvalue weighted by atomic mass is 16.3. The van der Waals surface area contributed by atoms with E-state index in [1.54, 1.807) is 30.3 Å². The Hall–Kier alpha value is -3.55. The molecule has 0 saturated carbocycles. The van der Waals surface area contributed by atoms with E-state index in [1.165, 1.54) is 11.1 Å². The van der Waals surface area contributed by atoms with Crippen LogP contribution in [0.2, 0.25) is 0 Å². The topological polar surface area (TPSA) is 103 Å². The first-order chi connectivity index (χ1) is 17.6. The Balaban J connectivity index is 1.31. The second kappa shape index (κ2) is 12.4. The molecule has 0 spiro atoms. The Kier molecular flexibility index (Phi) is 8.81. The fourth-order valence-corrected chi connectivity index (χ4v) is 4.78. The number of carbonyl (C=O) groups excluding carboxylic acids is 1. The number of nitrogens with zero attached hydrogens (tertiary/aromatic N) is 3. The molecule has 7 heteroatoms. The van der Waals surface area contributed by atoms with Crippen molar-refractivity contribution in [2.75, 3.05) is 25.0 Å². The van der Waals surface area contributed by atoms with Crippen molar-refractivity contribution < 1.29 is 9.90 Å². The molecule has 4 rings (SSSR count). The minimum atomic E-state index is -0.230. The van der Waals surface area contributed by atoms with Gasteiger partial charge in [-0.15, -0.1) is 0 Å². The third-order valence-corrected chi connectivity index (χ3v) is 6.70. The molecule has 1 aliphatic rings. The van der Waals surface area contributed by atoms with Gasteiger partial charge in [-0.05, 0) is 97.8 Å². The summed E-state index contributed by atoms with van der Waals surface area (Å²) in [6, 6.07) is 21.8. The fraction of sp³-hybridized carbons (Fsp3) is 0.345. The Morgan fingerprint density at radius 3 is 2.39 bits per heavy atom. The van der Waals surface area contributed by atoms with Gasteiger partial charge in [0.05, 0.1) is 17.9 Å². The minimum Gasteiger partial charge on any atom is -0.508 e. The summed E-state index contributed by atoms with van der Waals surface area (Å²) in [6.07, 6.45) is 5.14. The van der Waals surface area contributed by atoms with E-state index in [4.69, 9.17) is 5.73 Å². The van der Waals surface area contributed by atoms with Crippen LogP contribution >= 0.6 is 0 Å². The number of fused-ring (bicyclic) bond motifs is 1. The number of amides is 1. The number of hydrogen-bond acceptors (Lipinski definition) is 6. The minimum absolute atomic E-state index is 0.0470. The van der Waals surface area contributed by atoms with Gasteiger partial charge in [0.2, 0.25) is 5.91 Å². The lowest BCUT2D eigenvalue weighted by atomic mass is 9.86. The molecule has 0 aliphatic heterocycles. The summed E-state index contributed by atoms with van der Waals surface area (Å²) in [4.78, 5) is 14.0. The molecule has 1 amide bonds. The largest absolute Gasteiger partial charge is 0.508 e. The molecule has 0 aromatic heterocycles. The van der Waals surface area contributed by atoms with E-state index in [1.807, 2.05) is 18.2 Å². The highest BCUT2D eigenvalue weighted by molar-refractivity contribution is 5.92. The zero-order valence-corrected chi connectivity index (χ0v) is 20.9. The van der Waals surface area contributed by atoms with Crippen LogP contribution in [0, 0.1) is 0 Å². The summed E-state index contributed by atoms with van der Waals surface area (Å²) in [5.74, 6) is 0.213. The van der Waals surface area contributed by atoms with Gasteiger partial charge in [-0.2, -0.15) is 10.2 Å². The van der Waals surface area contributed by atoms with E-state index in [0.29, 0.717) is 23.2 Å². The van der Waals surface area contributed by atoms with E-state index in [0.717, 1.165) is 56.4 Å². The van der Waals surface area contributed by atoms with Crippen LogP contribution in [0.15, 0.2) is 77.0 Å². The standard InChI is InChI=1S/C29H35N5O2/c1-2-17-34(26-14-15-27-22(19-26)4-3-5-28(27)35)18-16-21-6-8-24(9-7-21)32-33-25-12-10-23(11-13-25)31-29(36)20-30/h3-13,26,35H,2,14-20,30H2,1H3,(H,31,36). The van der Waals surface area contributed by atoms with Gasteiger partial charge in [0.25, 0.3) is 0 Å². The maximum atomic E-state index is 11.4. The number of nitrogens with two attached hydrogens (primary N) is 1. The summed E-state index contributed by atoms with van der Waals surface area (Å²) < 4.78 is 0. The fourth-order valence-electron chi connectivity index (χ4n) is 4.78. The van der Waals surface area contributed by atoms with Gasteiger partial charge in [0.15, 0.2) is 0 Å². The average Bonchev–Trinajstić information content (AvgIpc) is 2.91. The monoisotopic (exact) mass is 485 g/mol. The van der Waals surface area contributed by atoms with Crippen LogP contribution < -0.4 is 11.1 Å². The lowest BCUT2D eigenvalue weighted by molar-refractivity contribution is -0.114. The van der Waals surface area contributed by atoms with Crippen LogP contribution in [0.25, 0.3) is 0 Å². The van der Waals surface area contributed by atoms with Gasteiger partial charge >= 0.3 is 0 Å². The first-order valence-electron chi connectivity index (χ1n) is 12.7. The first-order valence-corrected chi connectivity index (χ1v) is 12.7. The van der Waals surface area contributed by atoms with Crippen LogP contribution in [-0.2, 0) is 24.1 Å². The number of phenolic OH excluding ortho intramolecular Hbond substituents is 1. The third-order valence-electron chi connectivity index (χ3n) is 6.70. The highest BCUT2D eigenvalue weighted by Crippen LogP contribution is 2.31. The van der Waals surface area contributed by atoms with E-state index >= 15 is 0 Å². The molecule has 0 saturated heterocycles. The molecule has 7 nitrogen and oxygen atoms in total. The van der Waals surface area contributed by atoms with Crippen molar-refractivity contribution in [3.05, 3.63) is 83.4 Å². The zero-order chi connectivity index (χ0) is 25.3. The van der Waals surface area contributed by atoms with Crippen molar-refractivity contribution >= 4 is 23.0 Å². The molecule has 4 N–H and O–H groups in total. The Morgan fingerprint density at radius 1 is 1.03 bits per heavy atom. The van der Waals surface area contributed by atoms with E-state index in [-0.39, 0.29) is 12.5 Å². The van der Waals surface area contributed by atoms with Crippen molar-refractivity contribution in [1.82, 2.24) is 4.90 Å². The summed E-state index contributed by atoms with van der Waals surface area (Å²) in [5, 5.41) is 21.5. The van der Waals surface area contributed by atoms with Gasteiger partial charge < -0.3 is 16.2 Å². The van der Waals surface area contributed by atoms with Gasteiger partial charge in [-0.3, -0.25) is 9.69 Å². The van der Waals surface area contributed by atoms with Crippen LogP contribution in [0.3, 0.4) is 0 Å². The number of nitrogens with one attached hydrogen (secondary N) is 1. The van der Waals surface area contributed by atoms with Crippen molar-refractivity contribution in [3.8, 4) is 5.75 Å². The van der Waals surface area contributed by atoms with E-state index < -0.39 is 0 Å². The average molecular weight is 486 g/mol. The number of anilines is 1. The SMILES string of the molecule is CCCN(CCc1ccc(N=Nc2ccc(NC(=O)CN)cc2)cc1)C1CCc2c(O)cccc2C1. The molecule has 0 heterocycles. The summed E-state index contributed by atoms with van der Waals surface area (Å²) >= 11 is 0. The van der Waals surface area contributed by atoms with Gasteiger partial charge in [0.1, 0.15) is 5.75 Å². The second-order valence-electron chi connectivity index (χ2n) is 9.26. The molecule has 1 atom stereocenters. The quantitative estimate of drug-likeness (QED) is 0.329. The molecule has 3 aromatic carbocycles. The lowest BCUT2D eigenvalue weighted by Gasteiger charge is -2.35. The maximum Gasteiger partial charge on any atom is 0.238 e. The predicted molar refractivity (Wildman–Crippen MR) is 144 cm³/mol. The van der Waals surface area contributed by atoms with Crippen molar-refractivity contribution in [3.63, 3.8) is 0 Å². The van der Waals surface area contributed by atoms with Gasteiger partial charge in [-0.25, -0.2) is 0 Å². The Bertz CT molecular complexity index is 1180.